The maximum absolute atomic E-state index is 12.3. The molecule has 0 spiro atoms. The quantitative estimate of drug-likeness (QED) is 0.917. The highest BCUT2D eigenvalue weighted by atomic mass is 32.1. The largest absolute Gasteiger partial charge is 0.467 e. The molecule has 2 N–H and O–H groups in total. The zero-order valence-electron chi connectivity index (χ0n) is 9.70. The summed E-state index contributed by atoms with van der Waals surface area (Å²) in [6.07, 6.45) is 3.71. The SMILES string of the molecule is Nc1nc(C(=O)N(Cc2ccco2)C2CC2)cs1. The first kappa shape index (κ1) is 11.3. The number of hydrogen-bond acceptors (Lipinski definition) is 5. The predicted molar refractivity (Wildman–Crippen MR) is 68.1 cm³/mol. The second-order valence-electron chi connectivity index (χ2n) is 4.31. The molecule has 1 fully saturated rings. The molecule has 0 bridgehead atoms. The van der Waals surface area contributed by atoms with Crippen molar-refractivity contribution in [3.05, 3.63) is 35.2 Å². The zero-order valence-corrected chi connectivity index (χ0v) is 10.5. The third-order valence-corrected chi connectivity index (χ3v) is 3.57. The van der Waals surface area contributed by atoms with Gasteiger partial charge < -0.3 is 15.1 Å². The molecule has 5 nitrogen and oxygen atoms in total. The van der Waals surface area contributed by atoms with Crippen LogP contribution in [0.25, 0.3) is 0 Å². The molecule has 94 valence electrons. The van der Waals surface area contributed by atoms with Crippen molar-refractivity contribution in [2.24, 2.45) is 0 Å². The summed E-state index contributed by atoms with van der Waals surface area (Å²) in [4.78, 5) is 18.2. The minimum Gasteiger partial charge on any atom is -0.467 e. The van der Waals surface area contributed by atoms with Crippen molar-refractivity contribution < 1.29 is 9.21 Å². The van der Waals surface area contributed by atoms with Gasteiger partial charge in [0, 0.05) is 11.4 Å². The first-order valence-corrected chi connectivity index (χ1v) is 6.66. The first-order chi connectivity index (χ1) is 8.74. The Hall–Kier alpha value is -1.82. The van der Waals surface area contributed by atoms with E-state index in [1.807, 2.05) is 17.0 Å². The Labute approximate surface area is 108 Å². The molecule has 1 aliphatic carbocycles. The number of amides is 1. The molecule has 1 amide bonds. The topological polar surface area (TPSA) is 72.4 Å². The van der Waals surface area contributed by atoms with Gasteiger partial charge in [0.05, 0.1) is 12.8 Å². The average molecular weight is 263 g/mol. The average Bonchev–Trinajstić information content (AvgIpc) is 2.88. The van der Waals surface area contributed by atoms with Gasteiger partial charge in [0.2, 0.25) is 0 Å². The second kappa shape index (κ2) is 4.45. The van der Waals surface area contributed by atoms with Crippen LogP contribution >= 0.6 is 11.3 Å². The molecule has 2 aromatic rings. The van der Waals surface area contributed by atoms with E-state index >= 15 is 0 Å². The van der Waals surface area contributed by atoms with Crippen LogP contribution in [0.3, 0.4) is 0 Å². The number of hydrogen-bond donors (Lipinski definition) is 1. The van der Waals surface area contributed by atoms with E-state index in [-0.39, 0.29) is 5.91 Å². The molecule has 0 atom stereocenters. The molecule has 2 heterocycles. The number of nitrogens with zero attached hydrogens (tertiary/aromatic N) is 2. The summed E-state index contributed by atoms with van der Waals surface area (Å²) in [7, 11) is 0. The van der Waals surface area contributed by atoms with E-state index in [9.17, 15) is 4.79 Å². The first-order valence-electron chi connectivity index (χ1n) is 5.78. The van der Waals surface area contributed by atoms with E-state index in [0.29, 0.717) is 23.4 Å². The fraction of sp³-hybridized carbons (Fsp3) is 0.333. The number of thiazole rings is 1. The molecule has 18 heavy (non-hydrogen) atoms. The van der Waals surface area contributed by atoms with E-state index < -0.39 is 0 Å². The van der Waals surface area contributed by atoms with Gasteiger partial charge in [0.1, 0.15) is 11.5 Å². The Bertz CT molecular complexity index is 545. The molecular formula is C12H13N3O2S. The van der Waals surface area contributed by atoms with Gasteiger partial charge in [-0.05, 0) is 25.0 Å². The molecule has 1 aliphatic rings. The van der Waals surface area contributed by atoms with E-state index in [1.165, 1.54) is 11.3 Å². The maximum atomic E-state index is 12.3. The number of carbonyl (C=O) groups is 1. The summed E-state index contributed by atoms with van der Waals surface area (Å²) in [5.41, 5.74) is 5.99. The van der Waals surface area contributed by atoms with Gasteiger partial charge in [0.25, 0.3) is 5.91 Å². The lowest BCUT2D eigenvalue weighted by molar-refractivity contribution is 0.0712. The van der Waals surface area contributed by atoms with E-state index in [2.05, 4.69) is 4.98 Å². The summed E-state index contributed by atoms with van der Waals surface area (Å²) >= 11 is 1.29. The lowest BCUT2D eigenvalue weighted by atomic mass is 10.3. The van der Waals surface area contributed by atoms with Crippen LogP contribution in [0.4, 0.5) is 5.13 Å². The summed E-state index contributed by atoms with van der Waals surface area (Å²) in [5.74, 6) is 0.723. The number of aromatic nitrogens is 1. The van der Waals surface area contributed by atoms with Gasteiger partial charge >= 0.3 is 0 Å². The van der Waals surface area contributed by atoms with Crippen LogP contribution in [0.1, 0.15) is 29.1 Å². The highest BCUT2D eigenvalue weighted by Crippen LogP contribution is 2.30. The summed E-state index contributed by atoms with van der Waals surface area (Å²) in [6.45, 7) is 0.494. The van der Waals surface area contributed by atoms with Gasteiger partial charge in [0.15, 0.2) is 5.13 Å². The van der Waals surface area contributed by atoms with Gasteiger partial charge in [-0.2, -0.15) is 0 Å². The number of anilines is 1. The van der Waals surface area contributed by atoms with Crippen molar-refractivity contribution in [3.8, 4) is 0 Å². The molecule has 0 saturated heterocycles. The fourth-order valence-electron chi connectivity index (χ4n) is 1.86. The van der Waals surface area contributed by atoms with Crippen LogP contribution in [0, 0.1) is 0 Å². The smallest absolute Gasteiger partial charge is 0.274 e. The molecule has 0 radical (unpaired) electrons. The Balaban J connectivity index is 1.79. The molecule has 0 aliphatic heterocycles. The van der Waals surface area contributed by atoms with Crippen molar-refractivity contribution in [2.75, 3.05) is 5.73 Å². The minimum atomic E-state index is -0.0677. The molecule has 0 unspecified atom stereocenters. The summed E-state index contributed by atoms with van der Waals surface area (Å²) in [6, 6.07) is 4.01. The molecule has 1 saturated carbocycles. The summed E-state index contributed by atoms with van der Waals surface area (Å²) < 4.78 is 5.30. The normalized spacial score (nSPS) is 14.7. The maximum Gasteiger partial charge on any atom is 0.274 e. The number of carbonyl (C=O) groups excluding carboxylic acids is 1. The molecule has 6 heteroatoms. The highest BCUT2D eigenvalue weighted by molar-refractivity contribution is 7.13. The molecular weight excluding hydrogens is 250 g/mol. The van der Waals surface area contributed by atoms with Gasteiger partial charge in [-0.1, -0.05) is 0 Å². The number of nitrogens with two attached hydrogens (primary N) is 1. The van der Waals surface area contributed by atoms with Crippen LogP contribution in [0.15, 0.2) is 28.2 Å². The van der Waals surface area contributed by atoms with Crippen LogP contribution in [0.5, 0.6) is 0 Å². The van der Waals surface area contributed by atoms with E-state index in [0.717, 1.165) is 18.6 Å². The van der Waals surface area contributed by atoms with Crippen LogP contribution in [-0.2, 0) is 6.54 Å². The van der Waals surface area contributed by atoms with E-state index in [1.54, 1.807) is 11.6 Å². The Morgan fingerprint density at radius 3 is 3.00 bits per heavy atom. The van der Waals surface area contributed by atoms with Gasteiger partial charge in [-0.15, -0.1) is 11.3 Å². The molecule has 3 rings (SSSR count). The lowest BCUT2D eigenvalue weighted by Crippen LogP contribution is -2.32. The fourth-order valence-corrected chi connectivity index (χ4v) is 2.39. The van der Waals surface area contributed by atoms with Crippen molar-refractivity contribution >= 4 is 22.4 Å². The Kier molecular flexibility index (Phi) is 2.79. The minimum absolute atomic E-state index is 0.0677. The molecule has 0 aromatic carbocycles. The van der Waals surface area contributed by atoms with Crippen LogP contribution in [0.2, 0.25) is 0 Å². The van der Waals surface area contributed by atoms with Crippen molar-refractivity contribution in [2.45, 2.75) is 25.4 Å². The second-order valence-corrected chi connectivity index (χ2v) is 5.20. The van der Waals surface area contributed by atoms with Crippen LogP contribution < -0.4 is 5.73 Å². The number of nitrogen functional groups attached to an aromatic ring is 1. The number of furan rings is 1. The number of rotatable bonds is 4. The standard InChI is InChI=1S/C12H13N3O2S/c13-12-14-10(7-18-12)11(16)15(8-3-4-8)6-9-2-1-5-17-9/h1-2,5,7-8H,3-4,6H2,(H2,13,14). The van der Waals surface area contributed by atoms with Crippen LogP contribution in [-0.4, -0.2) is 21.8 Å². The highest BCUT2D eigenvalue weighted by Gasteiger charge is 2.34. The monoisotopic (exact) mass is 263 g/mol. The van der Waals surface area contributed by atoms with Crippen molar-refractivity contribution in [1.29, 1.82) is 0 Å². The van der Waals surface area contributed by atoms with E-state index in [4.69, 9.17) is 10.2 Å². The third-order valence-electron chi connectivity index (χ3n) is 2.90. The van der Waals surface area contributed by atoms with Gasteiger partial charge in [-0.25, -0.2) is 4.98 Å². The Morgan fingerprint density at radius 1 is 1.61 bits per heavy atom. The predicted octanol–water partition coefficient (Wildman–Crippen LogP) is 2.12. The van der Waals surface area contributed by atoms with Crippen molar-refractivity contribution in [1.82, 2.24) is 9.88 Å². The lowest BCUT2D eigenvalue weighted by Gasteiger charge is -2.20. The van der Waals surface area contributed by atoms with Crippen molar-refractivity contribution in [3.63, 3.8) is 0 Å². The summed E-state index contributed by atoms with van der Waals surface area (Å²) in [5, 5.41) is 2.13. The molecule has 2 aromatic heterocycles. The third kappa shape index (κ3) is 2.24. The Morgan fingerprint density at radius 2 is 2.44 bits per heavy atom. The zero-order chi connectivity index (χ0) is 12.5. The van der Waals surface area contributed by atoms with Gasteiger partial charge in [-0.3, -0.25) is 4.79 Å².